The van der Waals surface area contributed by atoms with Gasteiger partial charge in [-0.05, 0) is 18.6 Å². The van der Waals surface area contributed by atoms with Gasteiger partial charge in [0.2, 0.25) is 0 Å². The molecule has 3 rings (SSSR count). The number of para-hydroxylation sites is 1. The second-order valence-electron chi connectivity index (χ2n) is 5.59. The van der Waals surface area contributed by atoms with E-state index in [0.29, 0.717) is 12.1 Å². The quantitative estimate of drug-likeness (QED) is 0.689. The first-order valence-electron chi connectivity index (χ1n) is 7.47. The zero-order chi connectivity index (χ0) is 16.4. The molecule has 6 heteroatoms. The largest absolute Gasteiger partial charge is 0.351 e. The first-order chi connectivity index (χ1) is 11.1. The van der Waals surface area contributed by atoms with Crippen molar-refractivity contribution in [3.8, 4) is 0 Å². The Morgan fingerprint density at radius 2 is 2.13 bits per heavy atom. The molecule has 0 saturated carbocycles. The summed E-state index contributed by atoms with van der Waals surface area (Å²) in [6.45, 7) is 4.15. The van der Waals surface area contributed by atoms with E-state index in [1.807, 2.05) is 31.2 Å². The number of rotatable bonds is 4. The summed E-state index contributed by atoms with van der Waals surface area (Å²) in [5.41, 5.74) is 1.21. The van der Waals surface area contributed by atoms with Gasteiger partial charge in [0.1, 0.15) is 11.4 Å². The van der Waals surface area contributed by atoms with Crippen LogP contribution in [0, 0.1) is 6.92 Å². The molecule has 23 heavy (non-hydrogen) atoms. The van der Waals surface area contributed by atoms with Gasteiger partial charge in [-0.2, -0.15) is 0 Å². The normalized spacial score (nSPS) is 12.3. The molecule has 0 spiro atoms. The smallest absolute Gasteiger partial charge is 0.261 e. The lowest BCUT2D eigenvalue weighted by Crippen LogP contribution is -2.33. The number of carbonyl (C=O) groups is 1. The second-order valence-corrected chi connectivity index (χ2v) is 5.59. The van der Waals surface area contributed by atoms with Crippen LogP contribution < -0.4 is 10.9 Å². The molecule has 1 atom stereocenters. The van der Waals surface area contributed by atoms with E-state index in [4.69, 9.17) is 0 Å². The number of amides is 1. The number of fused-ring (bicyclic) bond motifs is 1. The highest BCUT2D eigenvalue weighted by Crippen LogP contribution is 2.17. The van der Waals surface area contributed by atoms with Gasteiger partial charge in [0.15, 0.2) is 0 Å². The fourth-order valence-electron chi connectivity index (χ4n) is 2.66. The van der Waals surface area contributed by atoms with Crippen molar-refractivity contribution in [3.05, 3.63) is 64.0 Å². The first kappa shape index (κ1) is 15.0. The lowest BCUT2D eigenvalue weighted by atomic mass is 10.0. The minimum Gasteiger partial charge on any atom is -0.351 e. The van der Waals surface area contributed by atoms with Crippen molar-refractivity contribution in [3.63, 3.8) is 0 Å². The lowest BCUT2D eigenvalue weighted by Gasteiger charge is -2.12. The molecule has 118 valence electrons. The van der Waals surface area contributed by atoms with Crippen molar-refractivity contribution in [2.75, 3.05) is 6.54 Å². The minimum atomic E-state index is -0.371. The third-order valence-corrected chi connectivity index (χ3v) is 3.96. The SMILES string of the molecule is Cc1c(C(=O)NCC(C)c2ncc[nH]2)c(=O)[nH]c2ccccc12. The highest BCUT2D eigenvalue weighted by molar-refractivity contribution is 5.99. The van der Waals surface area contributed by atoms with Crippen molar-refractivity contribution in [1.29, 1.82) is 0 Å². The molecule has 0 radical (unpaired) electrons. The topological polar surface area (TPSA) is 90.6 Å². The molecule has 0 aliphatic heterocycles. The van der Waals surface area contributed by atoms with E-state index in [1.54, 1.807) is 19.3 Å². The number of hydrogen-bond acceptors (Lipinski definition) is 3. The molecular formula is C17H18N4O2. The molecular weight excluding hydrogens is 292 g/mol. The van der Waals surface area contributed by atoms with Crippen molar-refractivity contribution in [2.45, 2.75) is 19.8 Å². The number of pyridine rings is 1. The number of carbonyl (C=O) groups excluding carboxylic acids is 1. The maximum Gasteiger partial charge on any atom is 0.261 e. The average Bonchev–Trinajstić information content (AvgIpc) is 3.07. The molecule has 0 bridgehead atoms. The highest BCUT2D eigenvalue weighted by atomic mass is 16.2. The molecule has 0 fully saturated rings. The van der Waals surface area contributed by atoms with Gasteiger partial charge in [0.05, 0.1) is 0 Å². The van der Waals surface area contributed by atoms with Crippen LogP contribution in [0.4, 0.5) is 0 Å². The third-order valence-electron chi connectivity index (χ3n) is 3.96. The Morgan fingerprint density at radius 3 is 2.87 bits per heavy atom. The van der Waals surface area contributed by atoms with Gasteiger partial charge >= 0.3 is 0 Å². The maximum absolute atomic E-state index is 12.4. The van der Waals surface area contributed by atoms with E-state index in [9.17, 15) is 9.59 Å². The molecule has 1 unspecified atom stereocenters. The second kappa shape index (κ2) is 6.08. The zero-order valence-corrected chi connectivity index (χ0v) is 13.0. The summed E-state index contributed by atoms with van der Waals surface area (Å²) >= 11 is 0. The first-order valence-corrected chi connectivity index (χ1v) is 7.47. The summed E-state index contributed by atoms with van der Waals surface area (Å²) in [5.74, 6) is 0.469. The Balaban J connectivity index is 1.85. The van der Waals surface area contributed by atoms with E-state index in [0.717, 1.165) is 16.7 Å². The molecule has 3 N–H and O–H groups in total. The van der Waals surface area contributed by atoms with Crippen LogP contribution in [0.1, 0.15) is 34.6 Å². The van der Waals surface area contributed by atoms with E-state index in [-0.39, 0.29) is 22.9 Å². The van der Waals surface area contributed by atoms with Crippen molar-refractivity contribution in [2.24, 2.45) is 0 Å². The van der Waals surface area contributed by atoms with Crippen LogP contribution >= 0.6 is 0 Å². The van der Waals surface area contributed by atoms with Crippen molar-refractivity contribution in [1.82, 2.24) is 20.3 Å². The molecule has 6 nitrogen and oxygen atoms in total. The van der Waals surface area contributed by atoms with Gasteiger partial charge in [0, 0.05) is 35.8 Å². The number of nitrogens with zero attached hydrogens (tertiary/aromatic N) is 1. The van der Waals surface area contributed by atoms with Crippen molar-refractivity contribution >= 4 is 16.8 Å². The monoisotopic (exact) mass is 310 g/mol. The lowest BCUT2D eigenvalue weighted by molar-refractivity contribution is 0.0949. The number of H-pyrrole nitrogens is 2. The van der Waals surface area contributed by atoms with Gasteiger partial charge in [-0.3, -0.25) is 9.59 Å². The minimum absolute atomic E-state index is 0.0359. The summed E-state index contributed by atoms with van der Waals surface area (Å²) in [7, 11) is 0. The summed E-state index contributed by atoms with van der Waals surface area (Å²) < 4.78 is 0. The Morgan fingerprint density at radius 1 is 1.35 bits per heavy atom. The number of aryl methyl sites for hydroxylation is 1. The van der Waals surface area contributed by atoms with Crippen LogP contribution in [0.5, 0.6) is 0 Å². The summed E-state index contributed by atoms with van der Waals surface area (Å²) in [5, 5.41) is 3.69. The Hall–Kier alpha value is -2.89. The van der Waals surface area contributed by atoms with Crippen LogP contribution in [0.2, 0.25) is 0 Å². The standard InChI is InChI=1S/C17H18N4O2/c1-10(15-18-7-8-19-15)9-20-16(22)14-11(2)12-5-3-4-6-13(12)21-17(14)23/h3-8,10H,9H2,1-2H3,(H,18,19)(H,20,22)(H,21,23). The van der Waals surface area contributed by atoms with Crippen LogP contribution in [0.25, 0.3) is 10.9 Å². The van der Waals surface area contributed by atoms with Crippen molar-refractivity contribution < 1.29 is 4.79 Å². The van der Waals surface area contributed by atoms with Gasteiger partial charge in [-0.15, -0.1) is 0 Å². The maximum atomic E-state index is 12.4. The van der Waals surface area contributed by atoms with Gasteiger partial charge in [0.25, 0.3) is 11.5 Å². The van der Waals surface area contributed by atoms with Crippen LogP contribution in [0.3, 0.4) is 0 Å². The van der Waals surface area contributed by atoms with Gasteiger partial charge < -0.3 is 15.3 Å². The van der Waals surface area contributed by atoms with E-state index >= 15 is 0 Å². The van der Waals surface area contributed by atoms with Crippen LogP contribution in [0.15, 0.2) is 41.5 Å². The molecule has 1 amide bonds. The van der Waals surface area contributed by atoms with Gasteiger partial charge in [-0.25, -0.2) is 4.98 Å². The summed E-state index contributed by atoms with van der Waals surface area (Å²) in [6, 6.07) is 7.45. The van der Waals surface area contributed by atoms with E-state index in [2.05, 4.69) is 20.3 Å². The highest BCUT2D eigenvalue weighted by Gasteiger charge is 2.17. The predicted octanol–water partition coefficient (Wildman–Crippen LogP) is 2.09. The van der Waals surface area contributed by atoms with Crippen LogP contribution in [-0.2, 0) is 0 Å². The molecule has 0 aliphatic rings. The van der Waals surface area contributed by atoms with E-state index in [1.165, 1.54) is 0 Å². The number of imidazole rings is 1. The Kier molecular flexibility index (Phi) is 3.97. The number of benzene rings is 1. The fourth-order valence-corrected chi connectivity index (χ4v) is 2.66. The molecule has 0 saturated heterocycles. The third kappa shape index (κ3) is 2.88. The van der Waals surface area contributed by atoms with Crippen LogP contribution in [-0.4, -0.2) is 27.4 Å². The molecule has 0 aliphatic carbocycles. The number of hydrogen-bond donors (Lipinski definition) is 3. The number of aromatic amines is 2. The molecule has 1 aromatic carbocycles. The fraction of sp³-hybridized carbons (Fsp3) is 0.235. The zero-order valence-electron chi connectivity index (χ0n) is 13.0. The number of nitrogens with one attached hydrogen (secondary N) is 3. The number of aromatic nitrogens is 3. The Labute approximate surface area is 133 Å². The molecule has 3 aromatic rings. The molecule has 2 aromatic heterocycles. The Bertz CT molecular complexity index is 897. The average molecular weight is 310 g/mol. The summed E-state index contributed by atoms with van der Waals surface area (Å²) in [6.07, 6.45) is 3.41. The summed E-state index contributed by atoms with van der Waals surface area (Å²) in [4.78, 5) is 34.6. The molecule has 2 heterocycles. The van der Waals surface area contributed by atoms with E-state index < -0.39 is 0 Å². The predicted molar refractivity (Wildman–Crippen MR) is 88.6 cm³/mol. The van der Waals surface area contributed by atoms with Gasteiger partial charge in [-0.1, -0.05) is 25.1 Å².